The number of para-hydroxylation sites is 1. The van der Waals surface area contributed by atoms with Crippen molar-refractivity contribution < 1.29 is 13.2 Å². The smallest absolute Gasteiger partial charge is 0.348 e. The maximum Gasteiger partial charge on any atom is 0.405 e. The monoisotopic (exact) mass is 346 g/mol. The summed E-state index contributed by atoms with van der Waals surface area (Å²) < 4.78 is 37.9. The molecule has 0 aliphatic heterocycles. The van der Waals surface area contributed by atoms with E-state index in [0.717, 1.165) is 10.9 Å². The second-order valence-corrected chi connectivity index (χ2v) is 4.99. The number of halogens is 4. The Morgan fingerprint density at radius 3 is 2.55 bits per heavy atom. The molecule has 0 bridgehead atoms. The topological polar surface area (TPSA) is 16.1 Å². The summed E-state index contributed by atoms with van der Waals surface area (Å²) in [6.07, 6.45) is -4.24. The molecule has 0 saturated carbocycles. The third-order valence-corrected chi connectivity index (χ3v) is 3.58. The molecule has 0 amide bonds. The maximum absolute atomic E-state index is 12.6. The first kappa shape index (κ1) is 15.1. The number of rotatable bonds is 4. The van der Waals surface area contributed by atoms with Crippen molar-refractivity contribution in [2.75, 3.05) is 18.0 Å². The van der Waals surface area contributed by atoms with E-state index in [2.05, 4.69) is 20.9 Å². The Hall–Kier alpha value is -1.30. The minimum atomic E-state index is -4.24. The van der Waals surface area contributed by atoms with E-state index in [-0.39, 0.29) is 6.54 Å². The first-order valence-electron chi connectivity index (χ1n) is 6.21. The van der Waals surface area contributed by atoms with E-state index in [9.17, 15) is 13.2 Å². The van der Waals surface area contributed by atoms with E-state index < -0.39 is 12.7 Å². The van der Waals surface area contributed by atoms with Gasteiger partial charge in [0.2, 0.25) is 0 Å². The summed E-state index contributed by atoms with van der Waals surface area (Å²) in [6.45, 7) is 0.959. The normalized spacial score (nSPS) is 11.8. The third-order valence-electron chi connectivity index (χ3n) is 2.98. The van der Waals surface area contributed by atoms with E-state index in [4.69, 9.17) is 0 Å². The zero-order valence-electron chi connectivity index (χ0n) is 10.9. The average molecular weight is 347 g/mol. The van der Waals surface area contributed by atoms with E-state index in [0.29, 0.717) is 16.7 Å². The zero-order valence-corrected chi connectivity index (χ0v) is 12.5. The largest absolute Gasteiger partial charge is 0.405 e. The van der Waals surface area contributed by atoms with Gasteiger partial charge in [0.1, 0.15) is 12.4 Å². The van der Waals surface area contributed by atoms with Crippen molar-refractivity contribution in [1.29, 1.82) is 0 Å². The van der Waals surface area contributed by atoms with Crippen LogP contribution in [0.15, 0.2) is 30.3 Å². The minimum absolute atomic E-state index is 0.255. The molecule has 1 heterocycles. The van der Waals surface area contributed by atoms with Gasteiger partial charge in [0.05, 0.1) is 5.52 Å². The van der Waals surface area contributed by atoms with Gasteiger partial charge in [-0.25, -0.2) is 4.98 Å². The van der Waals surface area contributed by atoms with Gasteiger partial charge in [-0.05, 0) is 19.1 Å². The summed E-state index contributed by atoms with van der Waals surface area (Å²) in [5.41, 5.74) is 1.46. The molecular formula is C14H14BrF3N2. The van der Waals surface area contributed by atoms with Crippen LogP contribution >= 0.6 is 15.9 Å². The lowest BCUT2D eigenvalue weighted by molar-refractivity contribution is -0.119. The molecule has 2 rings (SSSR count). The number of hydrogen-bond acceptors (Lipinski definition) is 2. The molecule has 0 saturated heterocycles. The van der Waals surface area contributed by atoms with Gasteiger partial charge in [-0.1, -0.05) is 34.1 Å². The summed E-state index contributed by atoms with van der Waals surface area (Å²) in [5, 5.41) is 1.39. The Morgan fingerprint density at radius 2 is 1.95 bits per heavy atom. The predicted octanol–water partition coefficient (Wildman–Crippen LogP) is 4.52. The van der Waals surface area contributed by atoms with Crippen LogP contribution in [0.25, 0.3) is 10.9 Å². The summed E-state index contributed by atoms with van der Waals surface area (Å²) in [7, 11) is 0. The predicted molar refractivity (Wildman–Crippen MR) is 78.3 cm³/mol. The molecule has 0 radical (unpaired) electrons. The summed E-state index contributed by atoms with van der Waals surface area (Å²) in [6, 6.07) is 9.30. The van der Waals surface area contributed by atoms with Crippen molar-refractivity contribution in [1.82, 2.24) is 4.98 Å². The van der Waals surface area contributed by atoms with Gasteiger partial charge in [-0.15, -0.1) is 0 Å². The molecule has 0 atom stereocenters. The second-order valence-electron chi connectivity index (χ2n) is 4.43. The highest BCUT2D eigenvalue weighted by atomic mass is 79.9. The van der Waals surface area contributed by atoms with Crippen LogP contribution in [0.3, 0.4) is 0 Å². The second kappa shape index (κ2) is 5.99. The molecule has 108 valence electrons. The van der Waals surface area contributed by atoms with E-state index in [1.165, 1.54) is 4.90 Å². The molecule has 2 nitrogen and oxygen atoms in total. The lowest BCUT2D eigenvalue weighted by Gasteiger charge is -2.25. The Morgan fingerprint density at radius 1 is 1.25 bits per heavy atom. The number of anilines is 1. The maximum atomic E-state index is 12.6. The van der Waals surface area contributed by atoms with Crippen molar-refractivity contribution in [3.8, 4) is 0 Å². The lowest BCUT2D eigenvalue weighted by atomic mass is 10.1. The van der Waals surface area contributed by atoms with Crippen LogP contribution in [0.2, 0.25) is 0 Å². The number of nitrogens with zero attached hydrogens (tertiary/aromatic N) is 2. The first-order valence-corrected chi connectivity index (χ1v) is 7.33. The van der Waals surface area contributed by atoms with Gasteiger partial charge < -0.3 is 4.90 Å². The van der Waals surface area contributed by atoms with Gasteiger partial charge >= 0.3 is 6.18 Å². The van der Waals surface area contributed by atoms with Crippen LogP contribution in [0.4, 0.5) is 19.0 Å². The molecule has 20 heavy (non-hydrogen) atoms. The van der Waals surface area contributed by atoms with Crippen LogP contribution < -0.4 is 4.90 Å². The van der Waals surface area contributed by atoms with Gasteiger partial charge in [-0.2, -0.15) is 13.2 Å². The van der Waals surface area contributed by atoms with Crippen LogP contribution in [-0.4, -0.2) is 24.2 Å². The fraction of sp³-hybridized carbons (Fsp3) is 0.357. The number of alkyl halides is 4. The van der Waals surface area contributed by atoms with Crippen molar-refractivity contribution >= 4 is 32.7 Å². The van der Waals surface area contributed by atoms with Crippen molar-refractivity contribution in [3.05, 3.63) is 35.9 Å². The van der Waals surface area contributed by atoms with Crippen LogP contribution in [0.1, 0.15) is 12.5 Å². The number of aromatic nitrogens is 1. The highest BCUT2D eigenvalue weighted by Gasteiger charge is 2.31. The summed E-state index contributed by atoms with van der Waals surface area (Å²) >= 11 is 3.32. The molecule has 0 aliphatic carbocycles. The van der Waals surface area contributed by atoms with E-state index in [1.807, 2.05) is 24.3 Å². The van der Waals surface area contributed by atoms with Crippen LogP contribution in [0.5, 0.6) is 0 Å². The van der Waals surface area contributed by atoms with Gasteiger partial charge in [0.25, 0.3) is 0 Å². The Bertz CT molecular complexity index is 598. The molecule has 0 unspecified atom stereocenters. The van der Waals surface area contributed by atoms with Crippen LogP contribution in [-0.2, 0) is 5.33 Å². The van der Waals surface area contributed by atoms with Gasteiger partial charge in [-0.3, -0.25) is 0 Å². The van der Waals surface area contributed by atoms with Crippen molar-refractivity contribution in [2.24, 2.45) is 0 Å². The van der Waals surface area contributed by atoms with Crippen molar-refractivity contribution in [2.45, 2.75) is 18.4 Å². The third kappa shape index (κ3) is 3.42. The van der Waals surface area contributed by atoms with Crippen molar-refractivity contribution in [3.63, 3.8) is 0 Å². The van der Waals surface area contributed by atoms with Crippen LogP contribution in [0, 0.1) is 0 Å². The first-order chi connectivity index (χ1) is 9.44. The molecule has 0 spiro atoms. The Balaban J connectivity index is 2.50. The molecule has 0 N–H and O–H groups in total. The fourth-order valence-corrected chi connectivity index (χ4v) is 2.49. The van der Waals surface area contributed by atoms with Gasteiger partial charge in [0.15, 0.2) is 0 Å². The molecule has 0 aliphatic rings. The van der Waals surface area contributed by atoms with E-state index in [1.54, 1.807) is 13.0 Å². The van der Waals surface area contributed by atoms with Gasteiger partial charge in [0, 0.05) is 22.8 Å². The molecule has 1 aromatic heterocycles. The number of benzene rings is 1. The SMILES string of the molecule is CCN(CC(F)(F)F)c1nc2ccccc2cc1CBr. The standard InChI is InChI=1S/C14H14BrF3N2/c1-2-20(9-14(16,17)18)13-11(8-15)7-10-5-3-4-6-12(10)19-13/h3-7H,2,8-9H2,1H3. The molecule has 2 aromatic rings. The Labute approximate surface area is 123 Å². The summed E-state index contributed by atoms with van der Waals surface area (Å²) in [5.74, 6) is 0.389. The number of fused-ring (bicyclic) bond motifs is 1. The molecule has 1 aromatic carbocycles. The number of pyridine rings is 1. The lowest BCUT2D eigenvalue weighted by Crippen LogP contribution is -2.35. The average Bonchev–Trinajstić information content (AvgIpc) is 2.42. The molecule has 0 fully saturated rings. The van der Waals surface area contributed by atoms with E-state index >= 15 is 0 Å². The fourth-order valence-electron chi connectivity index (χ4n) is 2.07. The minimum Gasteiger partial charge on any atom is -0.348 e. The quantitative estimate of drug-likeness (QED) is 0.756. The highest BCUT2D eigenvalue weighted by molar-refractivity contribution is 9.08. The zero-order chi connectivity index (χ0) is 14.8. The highest BCUT2D eigenvalue weighted by Crippen LogP contribution is 2.28. The molecular weight excluding hydrogens is 333 g/mol. The number of hydrogen-bond donors (Lipinski definition) is 0. The Kier molecular flexibility index (Phi) is 4.52. The molecule has 6 heteroatoms. The summed E-state index contributed by atoms with van der Waals surface area (Å²) in [4.78, 5) is 5.65.